The summed E-state index contributed by atoms with van der Waals surface area (Å²) in [4.78, 5) is 14.6. The summed E-state index contributed by atoms with van der Waals surface area (Å²) in [5, 5.41) is 8.16. The van der Waals surface area contributed by atoms with E-state index in [0.717, 1.165) is 48.1 Å². The van der Waals surface area contributed by atoms with Gasteiger partial charge in [-0.25, -0.2) is 4.79 Å². The van der Waals surface area contributed by atoms with Gasteiger partial charge in [0, 0.05) is 23.4 Å². The number of H-pyrrole nitrogens is 1. The molecule has 1 aromatic heterocycles. The predicted molar refractivity (Wildman–Crippen MR) is 113 cm³/mol. The molecular weight excluding hydrogens is 366 g/mol. The van der Waals surface area contributed by atoms with E-state index < -0.39 is 5.60 Å². The van der Waals surface area contributed by atoms with Gasteiger partial charge < -0.3 is 14.4 Å². The molecule has 1 atom stereocenters. The van der Waals surface area contributed by atoms with Crippen LogP contribution in [0.3, 0.4) is 0 Å². The molecule has 1 N–H and O–H groups in total. The third-order valence-electron chi connectivity index (χ3n) is 4.93. The summed E-state index contributed by atoms with van der Waals surface area (Å²) in [5.41, 5.74) is 3.04. The van der Waals surface area contributed by atoms with Crippen molar-refractivity contribution in [2.75, 3.05) is 11.5 Å². The van der Waals surface area contributed by atoms with E-state index in [-0.39, 0.29) is 12.2 Å². The van der Waals surface area contributed by atoms with E-state index in [1.165, 1.54) is 0 Å². The minimum Gasteiger partial charge on any atom is -0.456 e. The first kappa shape index (κ1) is 19.5. The van der Waals surface area contributed by atoms with Gasteiger partial charge in [0.1, 0.15) is 11.8 Å². The van der Waals surface area contributed by atoms with Gasteiger partial charge in [-0.1, -0.05) is 0 Å². The highest BCUT2D eigenvalue weighted by molar-refractivity contribution is 5.90. The summed E-state index contributed by atoms with van der Waals surface area (Å²) in [6.45, 7) is 6.36. The van der Waals surface area contributed by atoms with Crippen molar-refractivity contribution in [1.82, 2.24) is 10.2 Å². The van der Waals surface area contributed by atoms with Crippen LogP contribution in [0.5, 0.6) is 0 Å². The molecule has 0 amide bonds. The SMILES string of the molecule is CC(C)(C)OC(=O)c1ccc(N(c2ccc3[nH]ncc3c2)C2CCCCO2)cc1. The van der Waals surface area contributed by atoms with Crippen LogP contribution >= 0.6 is 0 Å². The van der Waals surface area contributed by atoms with Gasteiger partial charge in [-0.15, -0.1) is 0 Å². The fourth-order valence-electron chi connectivity index (χ4n) is 3.58. The van der Waals surface area contributed by atoms with Gasteiger partial charge in [-0.3, -0.25) is 5.10 Å². The number of carbonyl (C=O) groups excluding carboxylic acids is 1. The van der Waals surface area contributed by atoms with E-state index in [0.29, 0.717) is 5.56 Å². The van der Waals surface area contributed by atoms with Crippen molar-refractivity contribution in [2.24, 2.45) is 0 Å². The molecule has 0 radical (unpaired) electrons. The van der Waals surface area contributed by atoms with Crippen LogP contribution in [0.4, 0.5) is 11.4 Å². The van der Waals surface area contributed by atoms with Crippen LogP contribution in [-0.2, 0) is 9.47 Å². The van der Waals surface area contributed by atoms with E-state index in [2.05, 4.69) is 27.2 Å². The normalized spacial score (nSPS) is 17.3. The van der Waals surface area contributed by atoms with E-state index in [9.17, 15) is 4.79 Å². The van der Waals surface area contributed by atoms with Crippen molar-refractivity contribution in [1.29, 1.82) is 0 Å². The molecule has 1 aliphatic rings. The predicted octanol–water partition coefficient (Wildman–Crippen LogP) is 5.18. The van der Waals surface area contributed by atoms with Crippen molar-refractivity contribution in [3.63, 3.8) is 0 Å². The first-order valence-corrected chi connectivity index (χ1v) is 10.1. The summed E-state index contributed by atoms with van der Waals surface area (Å²) in [7, 11) is 0. The highest BCUT2D eigenvalue weighted by atomic mass is 16.6. The van der Waals surface area contributed by atoms with Crippen LogP contribution in [0.25, 0.3) is 10.9 Å². The summed E-state index contributed by atoms with van der Waals surface area (Å²) < 4.78 is 11.6. The topological polar surface area (TPSA) is 67.5 Å². The Morgan fingerprint density at radius 1 is 1.14 bits per heavy atom. The quantitative estimate of drug-likeness (QED) is 0.619. The van der Waals surface area contributed by atoms with Crippen LogP contribution in [0, 0.1) is 0 Å². The molecule has 29 heavy (non-hydrogen) atoms. The average Bonchev–Trinajstić information content (AvgIpc) is 3.16. The fourth-order valence-corrected chi connectivity index (χ4v) is 3.58. The van der Waals surface area contributed by atoms with Gasteiger partial charge in [-0.2, -0.15) is 5.10 Å². The third kappa shape index (κ3) is 4.43. The minimum atomic E-state index is -0.516. The number of benzene rings is 2. The lowest BCUT2D eigenvalue weighted by Gasteiger charge is -2.36. The number of rotatable bonds is 4. The molecule has 2 heterocycles. The largest absolute Gasteiger partial charge is 0.456 e. The Bertz CT molecular complexity index is 983. The van der Waals surface area contributed by atoms with E-state index in [1.807, 2.05) is 57.3 Å². The molecule has 1 unspecified atom stereocenters. The Morgan fingerprint density at radius 3 is 2.59 bits per heavy atom. The van der Waals surface area contributed by atoms with Gasteiger partial charge in [-0.05, 0) is 82.5 Å². The maximum Gasteiger partial charge on any atom is 0.338 e. The van der Waals surface area contributed by atoms with Gasteiger partial charge in [0.05, 0.1) is 17.3 Å². The number of hydrogen-bond acceptors (Lipinski definition) is 5. The lowest BCUT2D eigenvalue weighted by molar-refractivity contribution is 0.00695. The fraction of sp³-hybridized carbons (Fsp3) is 0.391. The zero-order valence-corrected chi connectivity index (χ0v) is 17.1. The van der Waals surface area contributed by atoms with Crippen molar-refractivity contribution in [3.8, 4) is 0 Å². The molecule has 152 valence electrons. The highest BCUT2D eigenvalue weighted by Gasteiger charge is 2.25. The summed E-state index contributed by atoms with van der Waals surface area (Å²) in [6, 6.07) is 13.8. The average molecular weight is 393 g/mol. The maximum absolute atomic E-state index is 12.4. The third-order valence-corrected chi connectivity index (χ3v) is 4.93. The van der Waals surface area contributed by atoms with E-state index >= 15 is 0 Å². The number of anilines is 2. The number of nitrogens with one attached hydrogen (secondary N) is 1. The second-order valence-corrected chi connectivity index (χ2v) is 8.38. The number of aromatic amines is 1. The Morgan fingerprint density at radius 2 is 1.90 bits per heavy atom. The molecule has 0 spiro atoms. The molecule has 0 bridgehead atoms. The van der Waals surface area contributed by atoms with Gasteiger partial charge in [0.15, 0.2) is 0 Å². The zero-order valence-electron chi connectivity index (χ0n) is 17.1. The van der Waals surface area contributed by atoms with Crippen LogP contribution in [0.15, 0.2) is 48.7 Å². The number of ether oxygens (including phenoxy) is 2. The Balaban J connectivity index is 1.66. The number of nitrogens with zero attached hydrogens (tertiary/aromatic N) is 2. The van der Waals surface area contributed by atoms with Gasteiger partial charge in [0.2, 0.25) is 0 Å². The molecule has 1 fully saturated rings. The van der Waals surface area contributed by atoms with E-state index in [1.54, 1.807) is 0 Å². The Hall–Kier alpha value is -2.86. The Kier molecular flexibility index (Phi) is 5.28. The molecule has 0 aliphatic carbocycles. The van der Waals surface area contributed by atoms with Crippen molar-refractivity contribution < 1.29 is 14.3 Å². The number of hydrogen-bond donors (Lipinski definition) is 1. The molecule has 6 heteroatoms. The molecule has 3 aromatic rings. The summed E-state index contributed by atoms with van der Waals surface area (Å²) >= 11 is 0. The second kappa shape index (κ2) is 7.87. The molecule has 1 saturated heterocycles. The maximum atomic E-state index is 12.4. The van der Waals surface area contributed by atoms with Gasteiger partial charge >= 0.3 is 5.97 Å². The summed E-state index contributed by atoms with van der Waals surface area (Å²) in [5.74, 6) is -0.315. The van der Waals surface area contributed by atoms with E-state index in [4.69, 9.17) is 9.47 Å². The smallest absolute Gasteiger partial charge is 0.338 e. The standard InChI is InChI=1S/C23H27N3O3/c1-23(2,3)29-22(27)16-7-9-18(10-8-16)26(21-6-4-5-13-28-21)19-11-12-20-17(14-19)15-24-25-20/h7-12,14-15,21H,4-6,13H2,1-3H3,(H,24,25). The molecular formula is C23H27N3O3. The number of fused-ring (bicyclic) bond motifs is 1. The number of carbonyl (C=O) groups is 1. The van der Waals surface area contributed by atoms with Crippen LogP contribution in [-0.4, -0.2) is 34.6 Å². The Labute approximate surface area is 170 Å². The van der Waals surface area contributed by atoms with Crippen molar-refractivity contribution in [2.45, 2.75) is 51.9 Å². The number of esters is 1. The van der Waals surface area contributed by atoms with Crippen LogP contribution in [0.1, 0.15) is 50.4 Å². The molecule has 6 nitrogen and oxygen atoms in total. The summed E-state index contributed by atoms with van der Waals surface area (Å²) in [6.07, 6.45) is 4.95. The first-order chi connectivity index (χ1) is 13.9. The zero-order chi connectivity index (χ0) is 20.4. The second-order valence-electron chi connectivity index (χ2n) is 8.38. The van der Waals surface area contributed by atoms with Crippen LogP contribution < -0.4 is 4.90 Å². The molecule has 0 saturated carbocycles. The molecule has 2 aromatic carbocycles. The molecule has 4 rings (SSSR count). The number of aromatic nitrogens is 2. The van der Waals surface area contributed by atoms with Crippen LogP contribution in [0.2, 0.25) is 0 Å². The highest BCUT2D eigenvalue weighted by Crippen LogP contribution is 2.33. The monoisotopic (exact) mass is 393 g/mol. The van der Waals surface area contributed by atoms with Crippen molar-refractivity contribution >= 4 is 28.2 Å². The lowest BCUT2D eigenvalue weighted by Crippen LogP contribution is -2.36. The van der Waals surface area contributed by atoms with Crippen molar-refractivity contribution in [3.05, 3.63) is 54.2 Å². The first-order valence-electron chi connectivity index (χ1n) is 10.1. The minimum absolute atomic E-state index is 0.0412. The van der Waals surface area contributed by atoms with Gasteiger partial charge in [0.25, 0.3) is 0 Å². The molecule has 1 aliphatic heterocycles. The lowest BCUT2D eigenvalue weighted by atomic mass is 10.1.